The van der Waals surface area contributed by atoms with Gasteiger partial charge in [-0.25, -0.2) is 15.8 Å². The number of ether oxygens (including phenoxy) is 2. The highest BCUT2D eigenvalue weighted by Gasteiger charge is 2.06. The Kier molecular flexibility index (Phi) is 3.93. The van der Waals surface area contributed by atoms with Crippen molar-refractivity contribution in [2.75, 3.05) is 12.0 Å². The molecule has 0 saturated carbocycles. The Hall–Kier alpha value is -2.34. The molecule has 2 aromatic rings. The third-order valence-corrected chi connectivity index (χ3v) is 2.15. The molecule has 1 heterocycles. The fourth-order valence-corrected chi connectivity index (χ4v) is 1.40. The molecule has 2 rings (SSSR count). The van der Waals surface area contributed by atoms with E-state index < -0.39 is 0 Å². The molecular weight excluding hydrogens is 232 g/mol. The summed E-state index contributed by atoms with van der Waals surface area (Å²) in [5.41, 5.74) is 2.43. The van der Waals surface area contributed by atoms with Crippen molar-refractivity contribution >= 4 is 5.82 Å². The number of nitrogen functional groups attached to an aromatic ring is 1. The number of benzene rings is 1. The fourth-order valence-electron chi connectivity index (χ4n) is 1.40. The first-order valence-corrected chi connectivity index (χ1v) is 5.52. The number of aromatic nitrogens is 2. The average molecular weight is 246 g/mol. The fraction of sp³-hybridized carbons (Fsp3) is 0.167. The second-order valence-electron chi connectivity index (χ2n) is 3.37. The number of hydrogen-bond acceptors (Lipinski definition) is 6. The van der Waals surface area contributed by atoms with E-state index in [9.17, 15) is 0 Å². The zero-order valence-electron chi connectivity index (χ0n) is 9.96. The molecule has 6 nitrogen and oxygen atoms in total. The molecule has 0 aliphatic rings. The van der Waals surface area contributed by atoms with E-state index in [-0.39, 0.29) is 0 Å². The first-order valence-electron chi connectivity index (χ1n) is 5.52. The van der Waals surface area contributed by atoms with Gasteiger partial charge in [0.25, 0.3) is 0 Å². The zero-order valence-corrected chi connectivity index (χ0v) is 9.96. The summed E-state index contributed by atoms with van der Waals surface area (Å²) in [6, 6.07) is 8.99. The summed E-state index contributed by atoms with van der Waals surface area (Å²) in [4.78, 5) is 7.90. The van der Waals surface area contributed by atoms with Gasteiger partial charge in [-0.1, -0.05) is 12.1 Å². The van der Waals surface area contributed by atoms with Gasteiger partial charge >= 0.3 is 0 Å². The predicted molar refractivity (Wildman–Crippen MR) is 67.5 cm³/mol. The Morgan fingerprint density at radius 1 is 1.22 bits per heavy atom. The minimum Gasteiger partial charge on any atom is -0.490 e. The van der Waals surface area contributed by atoms with E-state index in [0.29, 0.717) is 29.8 Å². The van der Waals surface area contributed by atoms with E-state index in [1.165, 1.54) is 6.33 Å². The van der Waals surface area contributed by atoms with Crippen molar-refractivity contribution in [1.82, 2.24) is 9.97 Å². The van der Waals surface area contributed by atoms with Crippen LogP contribution in [0.1, 0.15) is 6.92 Å². The first-order chi connectivity index (χ1) is 8.83. The van der Waals surface area contributed by atoms with Gasteiger partial charge in [-0.3, -0.25) is 0 Å². The van der Waals surface area contributed by atoms with Crippen LogP contribution in [0.25, 0.3) is 0 Å². The Bertz CT molecular complexity index is 519. The molecule has 94 valence electrons. The van der Waals surface area contributed by atoms with Crippen LogP contribution in [0.3, 0.4) is 0 Å². The van der Waals surface area contributed by atoms with Crippen LogP contribution in [-0.4, -0.2) is 16.6 Å². The highest BCUT2D eigenvalue weighted by molar-refractivity contribution is 5.43. The van der Waals surface area contributed by atoms with Crippen LogP contribution < -0.4 is 20.7 Å². The van der Waals surface area contributed by atoms with Gasteiger partial charge in [-0.05, 0) is 19.1 Å². The van der Waals surface area contributed by atoms with E-state index in [0.717, 1.165) is 0 Å². The molecule has 3 N–H and O–H groups in total. The van der Waals surface area contributed by atoms with Crippen molar-refractivity contribution in [3.05, 3.63) is 36.7 Å². The molecule has 0 spiro atoms. The molecule has 0 amide bonds. The molecule has 0 unspecified atom stereocenters. The third kappa shape index (κ3) is 2.86. The van der Waals surface area contributed by atoms with Crippen LogP contribution in [0.5, 0.6) is 17.4 Å². The lowest BCUT2D eigenvalue weighted by atomic mass is 10.3. The Morgan fingerprint density at radius 2 is 2.00 bits per heavy atom. The third-order valence-electron chi connectivity index (χ3n) is 2.15. The van der Waals surface area contributed by atoms with Crippen LogP contribution in [-0.2, 0) is 0 Å². The minimum absolute atomic E-state index is 0.394. The predicted octanol–water partition coefficient (Wildman–Crippen LogP) is 1.95. The van der Waals surface area contributed by atoms with E-state index in [2.05, 4.69) is 15.4 Å². The van der Waals surface area contributed by atoms with E-state index in [1.54, 1.807) is 6.07 Å². The summed E-state index contributed by atoms with van der Waals surface area (Å²) in [6.07, 6.45) is 1.37. The summed E-state index contributed by atoms with van der Waals surface area (Å²) >= 11 is 0. The zero-order chi connectivity index (χ0) is 12.8. The van der Waals surface area contributed by atoms with Gasteiger partial charge in [0, 0.05) is 6.07 Å². The van der Waals surface area contributed by atoms with Gasteiger partial charge in [0.1, 0.15) is 12.1 Å². The van der Waals surface area contributed by atoms with Crippen LogP contribution in [0, 0.1) is 0 Å². The monoisotopic (exact) mass is 246 g/mol. The number of rotatable bonds is 5. The molecule has 0 radical (unpaired) electrons. The maximum atomic E-state index is 5.63. The smallest absolute Gasteiger partial charge is 0.224 e. The van der Waals surface area contributed by atoms with Crippen LogP contribution in [0.15, 0.2) is 36.7 Å². The molecular formula is C12H14N4O2. The number of nitrogens with two attached hydrogens (primary N) is 1. The normalized spacial score (nSPS) is 9.89. The molecule has 0 aliphatic heterocycles. The highest BCUT2D eigenvalue weighted by Crippen LogP contribution is 2.30. The van der Waals surface area contributed by atoms with Crippen molar-refractivity contribution in [3.63, 3.8) is 0 Å². The quantitative estimate of drug-likeness (QED) is 0.620. The number of nitrogens with zero attached hydrogens (tertiary/aromatic N) is 2. The van der Waals surface area contributed by atoms with E-state index >= 15 is 0 Å². The van der Waals surface area contributed by atoms with Gasteiger partial charge in [0.15, 0.2) is 11.5 Å². The summed E-state index contributed by atoms with van der Waals surface area (Å²) in [6.45, 7) is 2.48. The first kappa shape index (κ1) is 12.1. The molecule has 0 atom stereocenters. The Morgan fingerprint density at radius 3 is 2.72 bits per heavy atom. The summed E-state index contributed by atoms with van der Waals surface area (Å²) in [5, 5.41) is 0. The van der Waals surface area contributed by atoms with Gasteiger partial charge in [0.05, 0.1) is 6.61 Å². The maximum Gasteiger partial charge on any atom is 0.224 e. The lowest BCUT2D eigenvalue weighted by Crippen LogP contribution is -2.08. The maximum absolute atomic E-state index is 5.63. The van der Waals surface area contributed by atoms with Crippen molar-refractivity contribution in [1.29, 1.82) is 0 Å². The van der Waals surface area contributed by atoms with Crippen LogP contribution in [0.2, 0.25) is 0 Å². The van der Waals surface area contributed by atoms with Crippen molar-refractivity contribution in [2.45, 2.75) is 6.92 Å². The number of anilines is 1. The lowest BCUT2D eigenvalue weighted by Gasteiger charge is -2.10. The average Bonchev–Trinajstić information content (AvgIpc) is 2.41. The standard InChI is InChI=1S/C12H14N4O2/c1-2-17-9-5-3-4-6-10(9)18-12-7-11(16-13)14-8-15-12/h3-8H,2,13H2,1H3,(H,14,15,16). The second kappa shape index (κ2) is 5.83. The molecule has 1 aromatic heterocycles. The Labute approximate surface area is 105 Å². The van der Waals surface area contributed by atoms with Gasteiger partial charge in [-0.2, -0.15) is 0 Å². The molecule has 0 fully saturated rings. The number of hydrogen-bond donors (Lipinski definition) is 2. The summed E-state index contributed by atoms with van der Waals surface area (Å²) in [7, 11) is 0. The molecule has 0 aliphatic carbocycles. The van der Waals surface area contributed by atoms with Crippen molar-refractivity contribution in [3.8, 4) is 17.4 Å². The minimum atomic E-state index is 0.394. The number of para-hydroxylation sites is 2. The van der Waals surface area contributed by atoms with Gasteiger partial charge in [0.2, 0.25) is 5.88 Å². The number of hydrazine groups is 1. The molecule has 0 saturated heterocycles. The molecule has 0 bridgehead atoms. The Balaban J connectivity index is 2.22. The van der Waals surface area contributed by atoms with Crippen LogP contribution in [0.4, 0.5) is 5.82 Å². The highest BCUT2D eigenvalue weighted by atomic mass is 16.5. The molecule has 18 heavy (non-hydrogen) atoms. The molecule has 1 aromatic carbocycles. The SMILES string of the molecule is CCOc1ccccc1Oc1cc(NN)ncn1. The number of nitrogens with one attached hydrogen (secondary N) is 1. The lowest BCUT2D eigenvalue weighted by molar-refractivity contribution is 0.319. The topological polar surface area (TPSA) is 82.3 Å². The van der Waals surface area contributed by atoms with Crippen molar-refractivity contribution in [2.24, 2.45) is 5.84 Å². The largest absolute Gasteiger partial charge is 0.490 e. The van der Waals surface area contributed by atoms with Crippen molar-refractivity contribution < 1.29 is 9.47 Å². The molecule has 6 heteroatoms. The van der Waals surface area contributed by atoms with E-state index in [1.807, 2.05) is 31.2 Å². The summed E-state index contributed by atoms with van der Waals surface area (Å²) < 4.78 is 11.1. The van der Waals surface area contributed by atoms with Crippen LogP contribution >= 0.6 is 0 Å². The second-order valence-corrected chi connectivity index (χ2v) is 3.37. The van der Waals surface area contributed by atoms with Gasteiger partial charge in [-0.15, -0.1) is 0 Å². The van der Waals surface area contributed by atoms with E-state index in [4.69, 9.17) is 15.3 Å². The summed E-state index contributed by atoms with van der Waals surface area (Å²) in [5.74, 6) is 7.41. The van der Waals surface area contributed by atoms with Gasteiger partial charge < -0.3 is 14.9 Å².